The van der Waals surface area contributed by atoms with Crippen LogP contribution in [0.15, 0.2) is 77.3 Å². The highest BCUT2D eigenvalue weighted by molar-refractivity contribution is 8.03. The largest absolute Gasteiger partial charge is 0.463 e. The third-order valence-corrected chi connectivity index (χ3v) is 6.11. The van der Waals surface area contributed by atoms with E-state index in [1.807, 2.05) is 18.2 Å². The van der Waals surface area contributed by atoms with Crippen molar-refractivity contribution >= 4 is 52.8 Å². The molecule has 1 aromatic rings. The Morgan fingerprint density at radius 3 is 2.34 bits per heavy atom. The SMILES string of the molecule is C=CC(=O)OCCCCN1/C(=C\C=C(/C(=O)N(C)C)N(C)C=S)Sc2ccccc21.C=CC(C)=O. The average Bonchev–Trinajstić information content (AvgIpc) is 3.20. The number of ether oxygens (including phenoxy) is 1. The third kappa shape index (κ3) is 9.92. The van der Waals surface area contributed by atoms with Crippen LogP contribution in [0, 0.1) is 0 Å². The van der Waals surface area contributed by atoms with Crippen molar-refractivity contribution < 1.29 is 19.1 Å². The zero-order valence-electron chi connectivity index (χ0n) is 20.7. The van der Waals surface area contributed by atoms with Gasteiger partial charge < -0.3 is 19.4 Å². The number of carbonyl (C=O) groups excluding carboxylic acids is 3. The highest BCUT2D eigenvalue weighted by atomic mass is 32.2. The van der Waals surface area contributed by atoms with Crippen molar-refractivity contribution in [3.05, 3.63) is 72.5 Å². The quantitative estimate of drug-likeness (QED) is 0.184. The molecule has 0 aliphatic carbocycles. The molecule has 0 unspecified atom stereocenters. The molecule has 1 aliphatic heterocycles. The molecule has 2 rings (SSSR count). The fourth-order valence-electron chi connectivity index (χ4n) is 2.79. The van der Waals surface area contributed by atoms with Crippen LogP contribution in [-0.4, -0.2) is 67.2 Å². The molecular weight excluding hydrogens is 482 g/mol. The lowest BCUT2D eigenvalue weighted by Crippen LogP contribution is -2.31. The van der Waals surface area contributed by atoms with Crippen molar-refractivity contribution in [3.63, 3.8) is 0 Å². The van der Waals surface area contributed by atoms with E-state index in [0.717, 1.165) is 30.1 Å². The summed E-state index contributed by atoms with van der Waals surface area (Å²) in [5, 5.41) is 1.03. The van der Waals surface area contributed by atoms with Gasteiger partial charge >= 0.3 is 5.97 Å². The minimum absolute atomic E-state index is 0.0185. The van der Waals surface area contributed by atoms with E-state index in [9.17, 15) is 14.4 Å². The molecule has 0 saturated carbocycles. The number of nitrogens with zero attached hydrogens (tertiary/aromatic N) is 3. The molecule has 9 heteroatoms. The molecule has 1 amide bonds. The van der Waals surface area contributed by atoms with Crippen LogP contribution in [0.2, 0.25) is 0 Å². The molecule has 0 fully saturated rings. The Morgan fingerprint density at radius 1 is 1.11 bits per heavy atom. The number of amides is 1. The predicted molar refractivity (Wildman–Crippen MR) is 147 cm³/mol. The molecule has 1 aliphatic rings. The lowest BCUT2D eigenvalue weighted by atomic mass is 10.2. The molecule has 0 atom stereocenters. The smallest absolute Gasteiger partial charge is 0.330 e. The van der Waals surface area contributed by atoms with Crippen molar-refractivity contribution in [2.75, 3.05) is 39.2 Å². The van der Waals surface area contributed by atoms with E-state index in [1.54, 1.807) is 43.9 Å². The van der Waals surface area contributed by atoms with Crippen LogP contribution in [0.5, 0.6) is 0 Å². The Bertz CT molecular complexity index is 1000. The first kappa shape index (κ1) is 29.9. The number of rotatable bonds is 11. The van der Waals surface area contributed by atoms with Crippen LogP contribution < -0.4 is 4.90 Å². The second-order valence-corrected chi connectivity index (χ2v) is 8.86. The second-order valence-electron chi connectivity index (χ2n) is 7.59. The summed E-state index contributed by atoms with van der Waals surface area (Å²) in [6, 6.07) is 8.19. The maximum absolute atomic E-state index is 12.5. The zero-order chi connectivity index (χ0) is 26.4. The summed E-state index contributed by atoms with van der Waals surface area (Å²) >= 11 is 6.67. The Balaban J connectivity index is 0.00000111. The van der Waals surface area contributed by atoms with Gasteiger partial charge in [0.25, 0.3) is 5.91 Å². The summed E-state index contributed by atoms with van der Waals surface area (Å²) in [5.74, 6) is -0.500. The first-order valence-electron chi connectivity index (χ1n) is 10.9. The monoisotopic (exact) mass is 515 g/mol. The summed E-state index contributed by atoms with van der Waals surface area (Å²) in [6.07, 6.45) is 7.81. The molecule has 1 heterocycles. The van der Waals surface area contributed by atoms with E-state index in [2.05, 4.69) is 30.2 Å². The highest BCUT2D eigenvalue weighted by Crippen LogP contribution is 2.45. The van der Waals surface area contributed by atoms with Gasteiger partial charge in [0.1, 0.15) is 5.70 Å². The maximum Gasteiger partial charge on any atom is 0.330 e. The van der Waals surface area contributed by atoms with Gasteiger partial charge in [0.05, 0.1) is 22.8 Å². The van der Waals surface area contributed by atoms with Crippen LogP contribution in [0.4, 0.5) is 5.69 Å². The topological polar surface area (TPSA) is 70.2 Å². The number of benzene rings is 1. The minimum atomic E-state index is -0.399. The number of allylic oxidation sites excluding steroid dienone is 3. The van der Waals surface area contributed by atoms with Gasteiger partial charge in [0.2, 0.25) is 0 Å². The number of carbonyl (C=O) groups is 3. The number of ketones is 1. The highest BCUT2D eigenvalue weighted by Gasteiger charge is 2.24. The second kappa shape index (κ2) is 15.7. The molecule has 1 aromatic carbocycles. The molecular formula is C26H33N3O4S2. The molecule has 0 spiro atoms. The number of para-hydroxylation sites is 1. The van der Waals surface area contributed by atoms with Gasteiger partial charge in [0, 0.05) is 38.7 Å². The zero-order valence-corrected chi connectivity index (χ0v) is 22.4. The summed E-state index contributed by atoms with van der Waals surface area (Å²) < 4.78 is 5.05. The van der Waals surface area contributed by atoms with Crippen LogP contribution in [-0.2, 0) is 19.1 Å². The predicted octanol–water partition coefficient (Wildman–Crippen LogP) is 4.57. The van der Waals surface area contributed by atoms with Crippen LogP contribution in [0.3, 0.4) is 0 Å². The van der Waals surface area contributed by atoms with Gasteiger partial charge in [-0.25, -0.2) is 4.79 Å². The van der Waals surface area contributed by atoms with E-state index in [4.69, 9.17) is 17.0 Å². The molecule has 0 aromatic heterocycles. The van der Waals surface area contributed by atoms with Crippen molar-refractivity contribution in [2.45, 2.75) is 24.7 Å². The Kier molecular flexibility index (Phi) is 13.4. The molecule has 0 radical (unpaired) electrons. The molecule has 35 heavy (non-hydrogen) atoms. The van der Waals surface area contributed by atoms with E-state index >= 15 is 0 Å². The van der Waals surface area contributed by atoms with Crippen molar-refractivity contribution in [1.82, 2.24) is 9.80 Å². The maximum atomic E-state index is 12.5. The first-order chi connectivity index (χ1) is 16.7. The van der Waals surface area contributed by atoms with Crippen molar-refractivity contribution in [2.24, 2.45) is 0 Å². The lowest BCUT2D eigenvalue weighted by Gasteiger charge is -2.21. The molecule has 0 saturated heterocycles. The number of hydrogen-bond donors (Lipinski definition) is 0. The van der Waals surface area contributed by atoms with Gasteiger partial charge in [-0.3, -0.25) is 9.59 Å². The Morgan fingerprint density at radius 2 is 1.77 bits per heavy atom. The number of thioether (sulfide) groups is 1. The molecule has 7 nitrogen and oxygen atoms in total. The first-order valence-corrected chi connectivity index (χ1v) is 12.2. The molecule has 0 N–H and O–H groups in total. The number of fused-ring (bicyclic) bond motifs is 1. The third-order valence-electron chi connectivity index (χ3n) is 4.66. The number of esters is 1. The minimum Gasteiger partial charge on any atom is -0.463 e. The normalized spacial score (nSPS) is 13.2. The number of anilines is 1. The van der Waals surface area contributed by atoms with Crippen LogP contribution in [0.1, 0.15) is 19.8 Å². The van der Waals surface area contributed by atoms with Gasteiger partial charge in [0.15, 0.2) is 5.78 Å². The summed E-state index contributed by atoms with van der Waals surface area (Å²) in [6.45, 7) is 9.21. The van der Waals surface area contributed by atoms with E-state index in [-0.39, 0.29) is 11.7 Å². The van der Waals surface area contributed by atoms with Gasteiger partial charge in [-0.2, -0.15) is 0 Å². The standard InChI is InChI=1S/C22H27N3O3S2.C4H6O/c1-5-21(26)28-15-9-8-14-25-17-10-6-7-11-19(17)30-20(25)13-12-18(24(4)16-29)22(27)23(2)3;1-3-4(2)5/h5-7,10-13,16H,1,8-9,14-15H2,2-4H3;3H,1H2,2H3/b18-12+,20-13+;. The molecule has 188 valence electrons. The van der Waals surface area contributed by atoms with Crippen molar-refractivity contribution in [3.8, 4) is 0 Å². The number of hydrogen-bond acceptors (Lipinski definition) is 7. The number of likely N-dealkylation sites (N-methyl/N-ethyl adjacent to an activating group) is 2. The number of unbranched alkanes of at least 4 members (excludes halogenated alkanes) is 1. The summed E-state index contributed by atoms with van der Waals surface area (Å²) in [7, 11) is 5.19. The van der Waals surface area contributed by atoms with Crippen LogP contribution >= 0.6 is 24.0 Å². The van der Waals surface area contributed by atoms with Gasteiger partial charge in [-0.1, -0.05) is 49.3 Å². The number of thiocarbonyl (C=S) groups is 1. The van der Waals surface area contributed by atoms with Gasteiger partial charge in [-0.05, 0) is 50.1 Å². The van der Waals surface area contributed by atoms with Crippen molar-refractivity contribution in [1.29, 1.82) is 0 Å². The fraction of sp³-hybridized carbons (Fsp3) is 0.308. The summed E-state index contributed by atoms with van der Waals surface area (Å²) in [5.41, 5.74) is 3.08. The Labute approximate surface area is 217 Å². The lowest BCUT2D eigenvalue weighted by molar-refractivity contribution is -0.137. The van der Waals surface area contributed by atoms with Gasteiger partial charge in [-0.15, -0.1) is 0 Å². The fourth-order valence-corrected chi connectivity index (χ4v) is 3.99. The Hall–Kier alpha value is -3.17. The van der Waals surface area contributed by atoms with E-state index < -0.39 is 5.97 Å². The summed E-state index contributed by atoms with van der Waals surface area (Å²) in [4.78, 5) is 39.9. The van der Waals surface area contributed by atoms with E-state index in [0.29, 0.717) is 12.3 Å². The average molecular weight is 516 g/mol. The molecule has 0 bridgehead atoms. The van der Waals surface area contributed by atoms with Crippen LogP contribution in [0.25, 0.3) is 0 Å². The van der Waals surface area contributed by atoms with E-state index in [1.165, 1.54) is 34.4 Å².